The van der Waals surface area contributed by atoms with Crippen LogP contribution in [0.4, 0.5) is 11.4 Å². The van der Waals surface area contributed by atoms with Gasteiger partial charge >= 0.3 is 0 Å². The number of imide groups is 1. The maximum atomic E-state index is 13.4. The number of amides is 3. The highest BCUT2D eigenvalue weighted by Crippen LogP contribution is 2.30. The Kier molecular flexibility index (Phi) is 5.77. The minimum absolute atomic E-state index is 0.0417. The molecule has 4 aromatic carbocycles. The van der Waals surface area contributed by atoms with Crippen LogP contribution in [0.2, 0.25) is 0 Å². The third-order valence-corrected chi connectivity index (χ3v) is 7.08. The molecule has 0 bridgehead atoms. The Labute approximate surface area is 215 Å². The highest BCUT2D eigenvalue weighted by Gasteiger charge is 2.36. The molecule has 0 N–H and O–H groups in total. The topological polar surface area (TPSA) is 60.9 Å². The summed E-state index contributed by atoms with van der Waals surface area (Å²) in [5, 5.41) is 0. The smallest absolute Gasteiger partial charge is 0.266 e. The Morgan fingerprint density at radius 1 is 0.541 bits per heavy atom. The number of piperazine rings is 1. The fourth-order valence-electron chi connectivity index (χ4n) is 5.11. The Balaban J connectivity index is 1.14. The van der Waals surface area contributed by atoms with Crippen LogP contribution in [-0.2, 0) is 0 Å². The van der Waals surface area contributed by atoms with Gasteiger partial charge < -0.3 is 9.80 Å². The lowest BCUT2D eigenvalue weighted by atomic mass is 9.98. The van der Waals surface area contributed by atoms with Gasteiger partial charge in [0.1, 0.15) is 0 Å². The Hall–Kier alpha value is -4.71. The molecule has 0 aromatic heterocycles. The first-order chi connectivity index (χ1) is 18.1. The Morgan fingerprint density at radius 2 is 1.05 bits per heavy atom. The second-order valence-electron chi connectivity index (χ2n) is 9.20. The number of hydrogen-bond acceptors (Lipinski definition) is 4. The van der Waals surface area contributed by atoms with Crippen molar-refractivity contribution in [3.8, 4) is 11.1 Å². The van der Waals surface area contributed by atoms with E-state index < -0.39 is 0 Å². The molecule has 0 unspecified atom stereocenters. The molecule has 1 saturated heterocycles. The van der Waals surface area contributed by atoms with Gasteiger partial charge in [-0.3, -0.25) is 14.4 Å². The van der Waals surface area contributed by atoms with Crippen LogP contribution in [0.1, 0.15) is 31.1 Å². The molecule has 1 fully saturated rings. The number of benzene rings is 4. The molecule has 6 heteroatoms. The molecule has 0 radical (unpaired) electrons. The first-order valence-corrected chi connectivity index (χ1v) is 12.4. The number of fused-ring (bicyclic) bond motifs is 1. The predicted octanol–water partition coefficient (Wildman–Crippen LogP) is 5.12. The molecule has 4 aromatic rings. The van der Waals surface area contributed by atoms with Crippen LogP contribution < -0.4 is 9.80 Å². The zero-order chi connectivity index (χ0) is 25.4. The minimum Gasteiger partial charge on any atom is -0.368 e. The van der Waals surface area contributed by atoms with Crippen LogP contribution >= 0.6 is 0 Å². The second kappa shape index (κ2) is 9.39. The van der Waals surface area contributed by atoms with Gasteiger partial charge in [-0.25, -0.2) is 4.90 Å². The van der Waals surface area contributed by atoms with E-state index >= 15 is 0 Å². The normalized spacial score (nSPS) is 15.2. The quantitative estimate of drug-likeness (QED) is 0.375. The van der Waals surface area contributed by atoms with E-state index in [4.69, 9.17) is 0 Å². The number of rotatable bonds is 4. The monoisotopic (exact) mass is 487 g/mol. The van der Waals surface area contributed by atoms with Crippen LogP contribution in [0.25, 0.3) is 11.1 Å². The summed E-state index contributed by atoms with van der Waals surface area (Å²) in [6.45, 7) is 2.63. The van der Waals surface area contributed by atoms with Crippen molar-refractivity contribution in [1.82, 2.24) is 4.90 Å². The summed E-state index contributed by atoms with van der Waals surface area (Å²) in [4.78, 5) is 44.3. The van der Waals surface area contributed by atoms with E-state index in [1.54, 1.807) is 24.3 Å². The van der Waals surface area contributed by atoms with Crippen LogP contribution in [0, 0.1) is 0 Å². The van der Waals surface area contributed by atoms with Crippen molar-refractivity contribution in [1.29, 1.82) is 0 Å². The van der Waals surface area contributed by atoms with E-state index in [2.05, 4.69) is 4.90 Å². The van der Waals surface area contributed by atoms with Crippen molar-refractivity contribution in [3.63, 3.8) is 0 Å². The van der Waals surface area contributed by atoms with Crippen molar-refractivity contribution in [2.24, 2.45) is 0 Å². The SMILES string of the molecule is O=C(c1ccccc1-c1ccccc1)N1CCN(c2ccc(N3C(=O)c4ccccc4C3=O)cc2)CC1. The van der Waals surface area contributed by atoms with Gasteiger partial charge in [-0.2, -0.15) is 0 Å². The van der Waals surface area contributed by atoms with Crippen LogP contribution in [0.3, 0.4) is 0 Å². The lowest BCUT2D eigenvalue weighted by molar-refractivity contribution is 0.0747. The lowest BCUT2D eigenvalue weighted by Crippen LogP contribution is -2.48. The van der Waals surface area contributed by atoms with E-state index in [0.717, 1.165) is 16.8 Å². The van der Waals surface area contributed by atoms with Gasteiger partial charge in [-0.05, 0) is 53.6 Å². The standard InChI is InChI=1S/C31H25N3O3/c35-29(26-11-5-4-10-25(26)22-8-2-1-3-9-22)33-20-18-32(19-21-33)23-14-16-24(17-15-23)34-30(36)27-12-6-7-13-28(27)31(34)37/h1-17H,18-21H2. The molecular weight excluding hydrogens is 462 g/mol. The summed E-state index contributed by atoms with van der Waals surface area (Å²) >= 11 is 0. The van der Waals surface area contributed by atoms with Crippen molar-refractivity contribution >= 4 is 29.1 Å². The maximum absolute atomic E-state index is 13.4. The molecule has 2 heterocycles. The first kappa shape index (κ1) is 22.7. The molecule has 3 amide bonds. The highest BCUT2D eigenvalue weighted by atomic mass is 16.2. The molecule has 0 aliphatic carbocycles. The van der Waals surface area contributed by atoms with Gasteiger partial charge in [-0.1, -0.05) is 60.7 Å². The molecule has 0 saturated carbocycles. The van der Waals surface area contributed by atoms with Crippen LogP contribution in [-0.4, -0.2) is 48.8 Å². The molecule has 37 heavy (non-hydrogen) atoms. The second-order valence-corrected chi connectivity index (χ2v) is 9.20. The number of nitrogens with zero attached hydrogens (tertiary/aromatic N) is 3. The number of anilines is 2. The summed E-state index contributed by atoms with van der Waals surface area (Å²) in [7, 11) is 0. The van der Waals surface area contributed by atoms with E-state index in [0.29, 0.717) is 48.6 Å². The summed E-state index contributed by atoms with van der Waals surface area (Å²) < 4.78 is 0. The van der Waals surface area contributed by atoms with Gasteiger partial charge in [0.2, 0.25) is 0 Å². The predicted molar refractivity (Wildman–Crippen MR) is 144 cm³/mol. The van der Waals surface area contributed by atoms with E-state index in [1.807, 2.05) is 83.8 Å². The zero-order valence-electron chi connectivity index (χ0n) is 20.2. The highest BCUT2D eigenvalue weighted by molar-refractivity contribution is 6.34. The van der Waals surface area contributed by atoms with Crippen LogP contribution in [0.15, 0.2) is 103 Å². The number of hydrogen-bond donors (Lipinski definition) is 0. The Morgan fingerprint density at radius 3 is 1.68 bits per heavy atom. The van der Waals surface area contributed by atoms with E-state index in [-0.39, 0.29) is 17.7 Å². The van der Waals surface area contributed by atoms with Gasteiger partial charge in [0.15, 0.2) is 0 Å². The molecule has 6 rings (SSSR count). The summed E-state index contributed by atoms with van der Waals surface area (Å²) in [5.74, 6) is -0.549. The average molecular weight is 488 g/mol. The van der Waals surface area contributed by atoms with Gasteiger partial charge in [0, 0.05) is 37.4 Å². The largest absolute Gasteiger partial charge is 0.368 e. The molecule has 6 nitrogen and oxygen atoms in total. The van der Waals surface area contributed by atoms with Gasteiger partial charge in [0.25, 0.3) is 17.7 Å². The third kappa shape index (κ3) is 4.06. The van der Waals surface area contributed by atoms with Crippen LogP contribution in [0.5, 0.6) is 0 Å². The zero-order valence-corrected chi connectivity index (χ0v) is 20.2. The maximum Gasteiger partial charge on any atom is 0.266 e. The van der Waals surface area contributed by atoms with E-state index in [9.17, 15) is 14.4 Å². The number of carbonyl (C=O) groups excluding carboxylic acids is 3. The fourth-order valence-corrected chi connectivity index (χ4v) is 5.11. The van der Waals surface area contributed by atoms with Crippen molar-refractivity contribution in [2.45, 2.75) is 0 Å². The summed E-state index contributed by atoms with van der Waals surface area (Å²) in [6, 6.07) is 32.1. The average Bonchev–Trinajstić information content (AvgIpc) is 3.23. The Bertz CT molecular complexity index is 1450. The summed E-state index contributed by atoms with van der Waals surface area (Å²) in [5.41, 5.74) is 5.12. The minimum atomic E-state index is -0.295. The third-order valence-electron chi connectivity index (χ3n) is 7.08. The summed E-state index contributed by atoms with van der Waals surface area (Å²) in [6.07, 6.45) is 0. The molecule has 0 spiro atoms. The van der Waals surface area contributed by atoms with Crippen molar-refractivity contribution in [3.05, 3.63) is 120 Å². The molecule has 0 atom stereocenters. The lowest BCUT2D eigenvalue weighted by Gasteiger charge is -2.36. The number of carbonyl (C=O) groups is 3. The van der Waals surface area contributed by atoms with Gasteiger partial charge in [0.05, 0.1) is 16.8 Å². The molecule has 2 aliphatic heterocycles. The molecular formula is C31H25N3O3. The first-order valence-electron chi connectivity index (χ1n) is 12.4. The fraction of sp³-hybridized carbons (Fsp3) is 0.129. The van der Waals surface area contributed by atoms with E-state index in [1.165, 1.54) is 4.90 Å². The van der Waals surface area contributed by atoms with Gasteiger partial charge in [-0.15, -0.1) is 0 Å². The molecule has 2 aliphatic rings. The van der Waals surface area contributed by atoms with Crippen molar-refractivity contribution < 1.29 is 14.4 Å². The molecule has 182 valence electrons. The van der Waals surface area contributed by atoms with Crippen molar-refractivity contribution in [2.75, 3.05) is 36.0 Å².